The van der Waals surface area contributed by atoms with Crippen molar-refractivity contribution in [3.63, 3.8) is 0 Å². The van der Waals surface area contributed by atoms with Crippen LogP contribution in [0.25, 0.3) is 11.2 Å². The van der Waals surface area contributed by atoms with E-state index in [4.69, 9.17) is 10.7 Å². The van der Waals surface area contributed by atoms with Gasteiger partial charge in [-0.25, -0.2) is 9.97 Å². The molecular weight excluding hydrogens is 224 g/mol. The molecule has 1 fully saturated rings. The number of nitrogens with two attached hydrogens (primary N) is 1. The van der Waals surface area contributed by atoms with E-state index in [9.17, 15) is 0 Å². The summed E-state index contributed by atoms with van der Waals surface area (Å²) >= 11 is 0. The maximum atomic E-state index is 5.68. The second kappa shape index (κ2) is 4.69. The normalized spacial score (nSPS) is 17.2. The van der Waals surface area contributed by atoms with Crippen molar-refractivity contribution in [2.75, 3.05) is 6.54 Å². The Morgan fingerprint density at radius 3 is 3.06 bits per heavy atom. The zero-order chi connectivity index (χ0) is 12.5. The van der Waals surface area contributed by atoms with Gasteiger partial charge in [0, 0.05) is 18.7 Å². The van der Waals surface area contributed by atoms with Crippen molar-refractivity contribution in [1.29, 1.82) is 0 Å². The average Bonchev–Trinajstić information content (AvgIpc) is 3.16. The van der Waals surface area contributed by atoms with Gasteiger partial charge in [-0.2, -0.15) is 0 Å². The Hall–Kier alpha value is -1.42. The van der Waals surface area contributed by atoms with Crippen LogP contribution in [-0.2, 0) is 6.42 Å². The summed E-state index contributed by atoms with van der Waals surface area (Å²) in [5, 5.41) is 0. The first-order valence-electron chi connectivity index (χ1n) is 6.81. The summed E-state index contributed by atoms with van der Waals surface area (Å²) < 4.78 is 2.35. The molecular formula is C14H20N4. The Morgan fingerprint density at radius 1 is 1.50 bits per heavy atom. The molecule has 0 aliphatic heterocycles. The molecule has 0 aromatic carbocycles. The second-order valence-corrected chi connectivity index (χ2v) is 5.35. The highest BCUT2D eigenvalue weighted by Gasteiger charge is 2.28. The predicted molar refractivity (Wildman–Crippen MR) is 72.3 cm³/mol. The van der Waals surface area contributed by atoms with Gasteiger partial charge in [0.05, 0.1) is 0 Å². The quantitative estimate of drug-likeness (QED) is 0.878. The smallest absolute Gasteiger partial charge is 0.160 e. The lowest BCUT2D eigenvalue weighted by molar-refractivity contribution is 0.525. The summed E-state index contributed by atoms with van der Waals surface area (Å²) in [4.78, 5) is 9.23. The molecule has 96 valence electrons. The SMILES string of the molecule is CC(CN)CCc1nc2cccnc2n1C1CC1. The number of nitrogens with zero attached hydrogens (tertiary/aromatic N) is 3. The van der Waals surface area contributed by atoms with Crippen LogP contribution in [0.3, 0.4) is 0 Å². The molecule has 4 nitrogen and oxygen atoms in total. The molecule has 3 rings (SSSR count). The third-order valence-electron chi connectivity index (χ3n) is 3.70. The third kappa shape index (κ3) is 2.12. The zero-order valence-corrected chi connectivity index (χ0v) is 10.8. The van der Waals surface area contributed by atoms with Crippen molar-refractivity contribution in [3.05, 3.63) is 24.2 Å². The number of aryl methyl sites for hydroxylation is 1. The molecule has 0 amide bonds. The molecule has 2 heterocycles. The van der Waals surface area contributed by atoms with Crippen LogP contribution in [0, 0.1) is 5.92 Å². The number of rotatable bonds is 5. The lowest BCUT2D eigenvalue weighted by Gasteiger charge is -2.09. The molecule has 2 aromatic heterocycles. The molecule has 2 N–H and O–H groups in total. The molecule has 0 radical (unpaired) electrons. The number of pyridine rings is 1. The van der Waals surface area contributed by atoms with Gasteiger partial charge >= 0.3 is 0 Å². The molecule has 2 aromatic rings. The van der Waals surface area contributed by atoms with Crippen LogP contribution in [0.2, 0.25) is 0 Å². The molecule has 4 heteroatoms. The topological polar surface area (TPSA) is 56.7 Å². The summed E-state index contributed by atoms with van der Waals surface area (Å²) in [5.41, 5.74) is 7.76. The summed E-state index contributed by atoms with van der Waals surface area (Å²) in [5.74, 6) is 1.75. The van der Waals surface area contributed by atoms with Crippen molar-refractivity contribution in [3.8, 4) is 0 Å². The maximum Gasteiger partial charge on any atom is 0.160 e. The van der Waals surface area contributed by atoms with E-state index in [1.807, 2.05) is 12.3 Å². The number of aromatic nitrogens is 3. The van der Waals surface area contributed by atoms with E-state index in [1.165, 1.54) is 18.7 Å². The van der Waals surface area contributed by atoms with Crippen LogP contribution in [0.4, 0.5) is 0 Å². The molecule has 1 unspecified atom stereocenters. The summed E-state index contributed by atoms with van der Waals surface area (Å²) in [6.07, 6.45) is 6.50. The zero-order valence-electron chi connectivity index (χ0n) is 10.8. The van der Waals surface area contributed by atoms with Crippen LogP contribution in [-0.4, -0.2) is 21.1 Å². The van der Waals surface area contributed by atoms with Crippen molar-refractivity contribution >= 4 is 11.2 Å². The van der Waals surface area contributed by atoms with E-state index >= 15 is 0 Å². The Bertz CT molecular complexity index is 542. The van der Waals surface area contributed by atoms with E-state index < -0.39 is 0 Å². The van der Waals surface area contributed by atoms with Gasteiger partial charge in [-0.1, -0.05) is 6.92 Å². The van der Waals surface area contributed by atoms with Crippen LogP contribution in [0.5, 0.6) is 0 Å². The van der Waals surface area contributed by atoms with Crippen molar-refractivity contribution in [1.82, 2.24) is 14.5 Å². The van der Waals surface area contributed by atoms with Crippen molar-refractivity contribution < 1.29 is 0 Å². The van der Waals surface area contributed by atoms with Crippen LogP contribution < -0.4 is 5.73 Å². The highest BCUT2D eigenvalue weighted by atomic mass is 15.2. The lowest BCUT2D eigenvalue weighted by atomic mass is 10.1. The fraction of sp³-hybridized carbons (Fsp3) is 0.571. The molecule has 0 bridgehead atoms. The minimum atomic E-state index is 0.561. The van der Waals surface area contributed by atoms with Crippen LogP contribution in [0.15, 0.2) is 18.3 Å². The number of hydrogen-bond acceptors (Lipinski definition) is 3. The first kappa shape index (κ1) is 11.7. The first-order chi connectivity index (χ1) is 8.79. The lowest BCUT2D eigenvalue weighted by Crippen LogP contribution is -2.13. The summed E-state index contributed by atoms with van der Waals surface area (Å²) in [7, 11) is 0. The van der Waals surface area contributed by atoms with Gasteiger partial charge in [0.15, 0.2) is 5.65 Å². The molecule has 1 atom stereocenters. The molecule has 1 aliphatic carbocycles. The van der Waals surface area contributed by atoms with E-state index in [0.717, 1.165) is 30.6 Å². The van der Waals surface area contributed by atoms with E-state index in [-0.39, 0.29) is 0 Å². The first-order valence-corrected chi connectivity index (χ1v) is 6.81. The number of fused-ring (bicyclic) bond motifs is 1. The highest BCUT2D eigenvalue weighted by molar-refractivity contribution is 5.71. The largest absolute Gasteiger partial charge is 0.330 e. The van der Waals surface area contributed by atoms with Gasteiger partial charge in [0.25, 0.3) is 0 Å². The third-order valence-corrected chi connectivity index (χ3v) is 3.70. The molecule has 0 spiro atoms. The van der Waals surface area contributed by atoms with Gasteiger partial charge in [-0.05, 0) is 43.9 Å². The van der Waals surface area contributed by atoms with Crippen LogP contribution >= 0.6 is 0 Å². The van der Waals surface area contributed by atoms with Crippen molar-refractivity contribution in [2.45, 2.75) is 38.6 Å². The minimum absolute atomic E-state index is 0.561. The van der Waals surface area contributed by atoms with Gasteiger partial charge in [-0.3, -0.25) is 0 Å². The van der Waals surface area contributed by atoms with Gasteiger partial charge in [0.2, 0.25) is 0 Å². The summed E-state index contributed by atoms with van der Waals surface area (Å²) in [6, 6.07) is 4.64. The van der Waals surface area contributed by atoms with E-state index in [1.54, 1.807) is 0 Å². The Labute approximate surface area is 107 Å². The van der Waals surface area contributed by atoms with E-state index in [0.29, 0.717) is 12.0 Å². The van der Waals surface area contributed by atoms with Gasteiger partial charge in [-0.15, -0.1) is 0 Å². The van der Waals surface area contributed by atoms with E-state index in [2.05, 4.69) is 22.5 Å². The minimum Gasteiger partial charge on any atom is -0.330 e. The Balaban J connectivity index is 1.92. The number of hydrogen-bond donors (Lipinski definition) is 1. The highest BCUT2D eigenvalue weighted by Crippen LogP contribution is 2.38. The maximum absolute atomic E-state index is 5.68. The van der Waals surface area contributed by atoms with Crippen LogP contribution in [0.1, 0.15) is 38.1 Å². The monoisotopic (exact) mass is 244 g/mol. The van der Waals surface area contributed by atoms with Gasteiger partial charge in [0.1, 0.15) is 11.3 Å². The standard InChI is InChI=1S/C14H20N4/c1-10(9-15)4-7-13-17-12-3-2-8-16-14(12)18(13)11-5-6-11/h2-3,8,10-11H,4-7,9,15H2,1H3. The second-order valence-electron chi connectivity index (χ2n) is 5.35. The molecule has 1 saturated carbocycles. The van der Waals surface area contributed by atoms with Gasteiger partial charge < -0.3 is 10.3 Å². The van der Waals surface area contributed by atoms with Crippen molar-refractivity contribution in [2.24, 2.45) is 11.7 Å². The fourth-order valence-corrected chi connectivity index (χ4v) is 2.36. The summed E-state index contributed by atoms with van der Waals surface area (Å²) in [6.45, 7) is 2.95. The predicted octanol–water partition coefficient (Wildman–Crippen LogP) is 2.29. The Morgan fingerprint density at radius 2 is 2.33 bits per heavy atom. The fourth-order valence-electron chi connectivity index (χ4n) is 2.36. The average molecular weight is 244 g/mol. The Kier molecular flexibility index (Phi) is 3.04. The molecule has 0 saturated heterocycles. The molecule has 1 aliphatic rings. The number of imidazole rings is 1. The molecule has 18 heavy (non-hydrogen) atoms.